The topological polar surface area (TPSA) is 368 Å². The first-order valence-corrected chi connectivity index (χ1v) is 32.0. The molecule has 9 aromatic rings. The Bertz CT molecular complexity index is 4090. The zero-order chi connectivity index (χ0) is 61.2. The first-order chi connectivity index (χ1) is 41.8. The van der Waals surface area contributed by atoms with Crippen LogP contribution >= 0.6 is 68.0 Å². The van der Waals surface area contributed by atoms with E-state index < -0.39 is 90.1 Å². The summed E-state index contributed by atoms with van der Waals surface area (Å²) in [6.45, 7) is 3.46. The highest BCUT2D eigenvalue weighted by molar-refractivity contribution is 7.15. The molecule has 0 aliphatic carbocycles. The van der Waals surface area contributed by atoms with Gasteiger partial charge in [0.1, 0.15) is 93.8 Å². The molecule has 1 saturated heterocycles. The molecule has 10 N–H and O–H groups in total. The zero-order valence-corrected chi connectivity index (χ0v) is 50.7. The molecule has 6 amide bonds. The van der Waals surface area contributed by atoms with Crippen molar-refractivity contribution in [3.05, 3.63) is 147 Å². The lowest BCUT2D eigenvalue weighted by molar-refractivity contribution is -0.137. The van der Waals surface area contributed by atoms with Crippen LogP contribution < -0.4 is 27.0 Å². The number of fused-ring (bicyclic) bond motifs is 16. The minimum Gasteiger partial charge on any atom is -0.508 e. The summed E-state index contributed by atoms with van der Waals surface area (Å²) in [7, 11) is 0. The van der Waals surface area contributed by atoms with Crippen molar-refractivity contribution >= 4 is 109 Å². The Balaban J connectivity index is 0.998. The van der Waals surface area contributed by atoms with Gasteiger partial charge in [0.05, 0.1) is 30.3 Å². The summed E-state index contributed by atoms with van der Waals surface area (Å²) in [5, 5.41) is 63.9. The molecule has 10 bridgehead atoms. The number of phenols is 1. The number of hydrogen-bond acceptors (Lipinski definition) is 23. The van der Waals surface area contributed by atoms with Gasteiger partial charge in [-0.05, 0) is 48.7 Å². The summed E-state index contributed by atoms with van der Waals surface area (Å²) >= 11 is 6.81. The van der Waals surface area contributed by atoms with Crippen LogP contribution in [0.5, 0.6) is 5.75 Å². The molecule has 2 aromatic carbocycles. The number of nitrogens with zero attached hydrogens (tertiary/aromatic N) is 8. The number of carboxylic acid groups (broad SMARTS) is 1. The number of benzene rings is 2. The van der Waals surface area contributed by atoms with Crippen LogP contribution in [0.15, 0.2) is 93.6 Å². The third-order valence-electron chi connectivity index (χ3n) is 14.3. The standard InChI is InChI=1S/C57H51N13O11S6/c1-25-39(72)19-70-45(25)56-67-38(24-86-56)53-63-34(20-83-53)43-30(14-15-31(60-43)52-65-35(21-84-52)47(77)59-16-6-9-41(74)75)51-64-36(22-82-51)48(78)61-32(18-40(58)73)54-69-42(26(2)87-54)50(80)68-44(46(76)28-7-4-3-5-8-28)55-66-37(23-85-55)49(79)62-33(57(70)81)17-27-10-12-29(71)13-11-27/h3-5,7-8,10-15,20-25,32-33,39,44-46,71-72,76H,6,9,16-19H2,1-2H3,(H2,58,73)(H,59,77)(H,61,78)(H,62,79)(H,68,80)(H,74,75)/t25-,32-,33-,39-,44-,45-,46+/m0/s1. The van der Waals surface area contributed by atoms with Gasteiger partial charge < -0.3 is 52.3 Å². The minimum atomic E-state index is -1.42. The maximum Gasteiger partial charge on any atom is 0.303 e. The van der Waals surface area contributed by atoms with Crippen molar-refractivity contribution in [2.24, 2.45) is 11.7 Å². The Labute approximate surface area is 518 Å². The SMILES string of the molecule is Cc1sc2nc1C(=O)N[C@@H]([C@H](O)c1ccccc1)c1nc(cs1)C(=O)N[C@@H](Cc1ccc(O)cc1)C(=O)N1C[C@H](O)[C@H](C)[C@H]1c1nc(cs1)-c1nc(cs1)-c1nc(-c3nc(C(=O)NCCCC(=O)O)cs3)ccc1-c1nc(cs1)C(=O)N[C@H]2CC(N)=O. The predicted octanol–water partition coefficient (Wildman–Crippen LogP) is 6.88. The lowest BCUT2D eigenvalue weighted by Crippen LogP contribution is -2.50. The summed E-state index contributed by atoms with van der Waals surface area (Å²) in [6, 6.07) is 13.6. The van der Waals surface area contributed by atoms with E-state index in [1.54, 1.807) is 84.6 Å². The highest BCUT2D eigenvalue weighted by Crippen LogP contribution is 2.43. The van der Waals surface area contributed by atoms with Crippen LogP contribution in [0.4, 0.5) is 0 Å². The molecule has 7 aromatic heterocycles. The van der Waals surface area contributed by atoms with Gasteiger partial charge in [0.15, 0.2) is 0 Å². The van der Waals surface area contributed by atoms with E-state index in [-0.39, 0.29) is 70.9 Å². The van der Waals surface area contributed by atoms with Crippen molar-refractivity contribution in [2.75, 3.05) is 13.1 Å². The summed E-state index contributed by atoms with van der Waals surface area (Å²) in [4.78, 5) is 131. The van der Waals surface area contributed by atoms with Crippen molar-refractivity contribution in [2.45, 2.75) is 75.9 Å². The number of phenolic OH excluding ortho intramolecular Hbond substituents is 1. The molecule has 11 rings (SSSR count). The molecule has 446 valence electrons. The van der Waals surface area contributed by atoms with E-state index in [4.69, 9.17) is 30.8 Å². The van der Waals surface area contributed by atoms with Gasteiger partial charge in [0, 0.05) is 69.2 Å². The average Bonchev–Trinajstić information content (AvgIpc) is 2.44. The number of nitrogens with one attached hydrogen (secondary N) is 4. The normalized spacial score (nSPS) is 19.3. The number of nitrogens with two attached hydrogens (primary N) is 1. The van der Waals surface area contributed by atoms with Gasteiger partial charge in [-0.2, -0.15) is 0 Å². The molecule has 9 heterocycles. The predicted molar refractivity (Wildman–Crippen MR) is 325 cm³/mol. The number of amides is 6. The van der Waals surface area contributed by atoms with Crippen molar-refractivity contribution < 1.29 is 54.0 Å². The molecule has 30 heteroatoms. The number of carbonyl (C=O) groups is 7. The van der Waals surface area contributed by atoms with Crippen molar-refractivity contribution in [3.8, 4) is 49.1 Å². The summed E-state index contributed by atoms with van der Waals surface area (Å²) < 4.78 is 0. The fourth-order valence-electron chi connectivity index (χ4n) is 9.83. The van der Waals surface area contributed by atoms with Crippen LogP contribution in [0.25, 0.3) is 43.4 Å². The number of carbonyl (C=O) groups excluding carboxylic acids is 6. The number of aromatic hydroxyl groups is 1. The maximum atomic E-state index is 15.2. The number of primary amides is 1. The molecular formula is C57H51N13O11S6. The van der Waals surface area contributed by atoms with Crippen LogP contribution in [0.2, 0.25) is 0 Å². The average molecular weight is 1290 g/mol. The fraction of sp³-hybridized carbons (Fsp3) is 0.263. The Morgan fingerprint density at radius 1 is 0.701 bits per heavy atom. The Morgan fingerprint density at radius 2 is 1.36 bits per heavy atom. The number of aliphatic carboxylic acids is 1. The van der Waals surface area contributed by atoms with Crippen LogP contribution in [0.1, 0.15) is 123 Å². The van der Waals surface area contributed by atoms with Crippen LogP contribution in [-0.2, 0) is 20.8 Å². The van der Waals surface area contributed by atoms with Gasteiger partial charge in [-0.25, -0.2) is 34.9 Å². The van der Waals surface area contributed by atoms with Gasteiger partial charge >= 0.3 is 5.97 Å². The van der Waals surface area contributed by atoms with E-state index in [0.717, 1.165) is 45.3 Å². The van der Waals surface area contributed by atoms with E-state index in [1.165, 1.54) is 50.5 Å². The number of aryl methyl sites for hydroxylation is 1. The first kappa shape index (κ1) is 60.1. The lowest BCUT2D eigenvalue weighted by Gasteiger charge is -2.29. The molecule has 1 fully saturated rings. The number of pyridine rings is 1. The van der Waals surface area contributed by atoms with E-state index in [9.17, 15) is 44.1 Å². The van der Waals surface area contributed by atoms with Crippen molar-refractivity contribution in [3.63, 3.8) is 0 Å². The molecule has 2 aliphatic rings. The van der Waals surface area contributed by atoms with Crippen molar-refractivity contribution in [1.82, 2.24) is 61.1 Å². The molecule has 0 saturated carbocycles. The summed E-state index contributed by atoms with van der Waals surface area (Å²) in [5.41, 5.74) is 8.54. The molecule has 0 unspecified atom stereocenters. The summed E-state index contributed by atoms with van der Waals surface area (Å²) in [6.07, 6.45) is -2.75. The molecular weight excluding hydrogens is 1240 g/mol. The highest BCUT2D eigenvalue weighted by atomic mass is 32.1. The second-order valence-electron chi connectivity index (χ2n) is 20.3. The molecule has 0 radical (unpaired) electrons. The van der Waals surface area contributed by atoms with Gasteiger partial charge in [-0.1, -0.05) is 49.4 Å². The number of thiazole rings is 6. The summed E-state index contributed by atoms with van der Waals surface area (Å²) in [5.74, 6) is -5.55. The monoisotopic (exact) mass is 1290 g/mol. The number of rotatable bonds is 12. The molecule has 2 aliphatic heterocycles. The van der Waals surface area contributed by atoms with E-state index in [2.05, 4.69) is 36.2 Å². The smallest absolute Gasteiger partial charge is 0.303 e. The quantitative estimate of drug-likeness (QED) is 0.0562. The lowest BCUT2D eigenvalue weighted by atomic mass is 10.00. The van der Waals surface area contributed by atoms with Crippen LogP contribution in [0, 0.1) is 12.8 Å². The Morgan fingerprint density at radius 3 is 2.11 bits per heavy atom. The van der Waals surface area contributed by atoms with E-state index >= 15 is 4.79 Å². The highest BCUT2D eigenvalue weighted by Gasteiger charge is 2.45. The third-order valence-corrected chi connectivity index (χ3v) is 19.8. The third kappa shape index (κ3) is 13.2. The molecule has 7 atom stereocenters. The van der Waals surface area contributed by atoms with E-state index in [1.807, 2.05) is 0 Å². The maximum absolute atomic E-state index is 15.2. The van der Waals surface area contributed by atoms with Gasteiger partial charge in [-0.3, -0.25) is 33.6 Å². The first-order valence-electron chi connectivity index (χ1n) is 26.8. The Hall–Kier alpha value is -8.62. The van der Waals surface area contributed by atoms with Crippen LogP contribution in [-0.4, -0.2) is 127 Å². The molecule has 87 heavy (non-hydrogen) atoms. The van der Waals surface area contributed by atoms with Crippen molar-refractivity contribution in [1.29, 1.82) is 0 Å². The van der Waals surface area contributed by atoms with Gasteiger partial charge in [0.25, 0.3) is 23.6 Å². The second-order valence-corrected chi connectivity index (χ2v) is 25.9. The van der Waals surface area contributed by atoms with E-state index in [0.29, 0.717) is 64.4 Å². The van der Waals surface area contributed by atoms with Gasteiger partial charge in [0.2, 0.25) is 11.8 Å². The zero-order valence-electron chi connectivity index (χ0n) is 45.8. The molecule has 24 nitrogen and oxygen atoms in total. The van der Waals surface area contributed by atoms with Gasteiger partial charge in [-0.15, -0.1) is 68.0 Å². The fourth-order valence-corrected chi connectivity index (χ4v) is 15.1. The minimum absolute atomic E-state index is 0.0101. The number of hydrogen-bond donors (Lipinski definition) is 9. The number of carboxylic acids is 1. The number of aliphatic hydroxyl groups excluding tert-OH is 2. The molecule has 0 spiro atoms. The largest absolute Gasteiger partial charge is 0.508 e. The Kier molecular flexibility index (Phi) is 17.8. The number of aliphatic hydroxyl groups is 2. The number of aromatic nitrogens is 7. The van der Waals surface area contributed by atoms with Crippen LogP contribution in [0.3, 0.4) is 0 Å². The second kappa shape index (κ2) is 25.8.